The lowest BCUT2D eigenvalue weighted by atomic mass is 10.1. The van der Waals surface area contributed by atoms with Gasteiger partial charge < -0.3 is 20.1 Å². The van der Waals surface area contributed by atoms with Crippen molar-refractivity contribution in [2.45, 2.75) is 19.7 Å². The van der Waals surface area contributed by atoms with Crippen molar-refractivity contribution < 1.29 is 27.8 Å². The maximum Gasteiger partial charge on any atom is 0.573 e. The molecule has 0 radical (unpaired) electrons. The largest absolute Gasteiger partial charge is 0.573 e. The van der Waals surface area contributed by atoms with Crippen molar-refractivity contribution in [1.82, 2.24) is 9.88 Å². The summed E-state index contributed by atoms with van der Waals surface area (Å²) in [6.45, 7) is 6.44. The number of carbonyl (C=O) groups is 1. The molecule has 7 nitrogen and oxygen atoms in total. The molecule has 2 heterocycles. The monoisotopic (exact) mass is 514 g/mol. The van der Waals surface area contributed by atoms with Gasteiger partial charge >= 0.3 is 6.36 Å². The second-order valence-corrected chi connectivity index (χ2v) is 8.87. The van der Waals surface area contributed by atoms with E-state index in [2.05, 4.69) is 25.9 Å². The Morgan fingerprint density at radius 1 is 1.11 bits per heavy atom. The van der Waals surface area contributed by atoms with E-state index < -0.39 is 6.36 Å². The summed E-state index contributed by atoms with van der Waals surface area (Å²) in [6.07, 6.45) is -0.919. The maximum atomic E-state index is 12.4. The third kappa shape index (κ3) is 7.43. The van der Waals surface area contributed by atoms with E-state index in [1.807, 2.05) is 19.1 Å². The van der Waals surface area contributed by atoms with E-state index in [0.717, 1.165) is 54.9 Å². The van der Waals surface area contributed by atoms with Gasteiger partial charge in [-0.25, -0.2) is 4.98 Å². The van der Waals surface area contributed by atoms with E-state index >= 15 is 0 Å². The van der Waals surface area contributed by atoms with Gasteiger partial charge in [-0.05, 0) is 73.5 Å². The first kappa shape index (κ1) is 26.4. The highest BCUT2D eigenvalue weighted by molar-refractivity contribution is 6.03. The number of carbonyl (C=O) groups excluding carboxylic acids is 1. The first-order chi connectivity index (χ1) is 17.7. The molecule has 1 saturated heterocycles. The number of anilines is 2. The molecule has 0 bridgehead atoms. The molecule has 37 heavy (non-hydrogen) atoms. The summed E-state index contributed by atoms with van der Waals surface area (Å²) in [5.74, 6) is 0.230. The first-order valence-corrected chi connectivity index (χ1v) is 12.0. The van der Waals surface area contributed by atoms with Crippen LogP contribution in [0.2, 0.25) is 0 Å². The number of halogens is 3. The predicted octanol–water partition coefficient (Wildman–Crippen LogP) is 4.60. The molecule has 3 aromatic rings. The molecule has 0 atom stereocenters. The van der Waals surface area contributed by atoms with Gasteiger partial charge in [0, 0.05) is 43.3 Å². The number of aryl methyl sites for hydroxylation is 1. The topological polar surface area (TPSA) is 77.9 Å². The number of hydrogen-bond donors (Lipinski definition) is 2. The van der Waals surface area contributed by atoms with E-state index in [0.29, 0.717) is 17.8 Å². The van der Waals surface area contributed by atoms with Gasteiger partial charge in [-0.1, -0.05) is 12.1 Å². The molecule has 1 amide bonds. The summed E-state index contributed by atoms with van der Waals surface area (Å²) in [5.41, 5.74) is 3.05. The number of ether oxygens (including phenoxy) is 1. The highest BCUT2D eigenvalue weighted by Crippen LogP contribution is 2.26. The molecule has 0 saturated carbocycles. The SMILES string of the molecule is Cc1cc(N2CCCN(CCO)CC2)nc2ccc(NC(=O)/C=C/c3ccc(OC(F)(F)F)cc3)cc12. The maximum absolute atomic E-state index is 12.4. The number of aliphatic hydroxyl groups excluding tert-OH is 1. The Bertz CT molecular complexity index is 1260. The fourth-order valence-corrected chi connectivity index (χ4v) is 4.32. The van der Waals surface area contributed by atoms with Crippen LogP contribution in [0.15, 0.2) is 54.6 Å². The molecule has 1 aliphatic heterocycles. The Morgan fingerprint density at radius 3 is 2.62 bits per heavy atom. The van der Waals surface area contributed by atoms with Gasteiger partial charge in [0.05, 0.1) is 12.1 Å². The zero-order chi connectivity index (χ0) is 26.4. The average molecular weight is 515 g/mol. The minimum Gasteiger partial charge on any atom is -0.406 e. The summed E-state index contributed by atoms with van der Waals surface area (Å²) in [7, 11) is 0. The number of β-amino-alcohol motifs (C(OH)–C–C–N with tert-alkyl or cyclic N) is 1. The molecule has 2 aromatic carbocycles. The van der Waals surface area contributed by atoms with Crippen LogP contribution in [0.1, 0.15) is 17.5 Å². The number of alkyl halides is 3. The minimum absolute atomic E-state index is 0.163. The molecule has 0 spiro atoms. The van der Waals surface area contributed by atoms with Crippen molar-refractivity contribution in [1.29, 1.82) is 0 Å². The van der Waals surface area contributed by atoms with E-state index in [9.17, 15) is 23.1 Å². The van der Waals surface area contributed by atoms with Gasteiger partial charge in [-0.15, -0.1) is 13.2 Å². The number of pyridine rings is 1. The standard InChI is InChI=1S/C27H29F3N4O3/c1-19-17-25(34-12-2-11-33(13-14-34)15-16-35)32-24-9-6-21(18-23(19)24)31-26(36)10-5-20-3-7-22(8-4-20)37-27(28,29)30/h3-10,17-18,35H,2,11-16H2,1H3,(H,31,36)/b10-5+. The third-order valence-electron chi connectivity index (χ3n) is 6.14. The van der Waals surface area contributed by atoms with Gasteiger partial charge in [-0.3, -0.25) is 9.69 Å². The normalized spacial score (nSPS) is 15.2. The number of aromatic nitrogens is 1. The number of hydrogen-bond acceptors (Lipinski definition) is 6. The summed E-state index contributed by atoms with van der Waals surface area (Å²) >= 11 is 0. The number of benzene rings is 2. The van der Waals surface area contributed by atoms with Crippen LogP contribution in [0.4, 0.5) is 24.7 Å². The van der Waals surface area contributed by atoms with Crippen molar-refractivity contribution in [3.8, 4) is 5.75 Å². The molecule has 1 aliphatic rings. The van der Waals surface area contributed by atoms with Crippen LogP contribution in [0.5, 0.6) is 5.75 Å². The molecular weight excluding hydrogens is 485 g/mol. The van der Waals surface area contributed by atoms with Gasteiger partial charge in [-0.2, -0.15) is 0 Å². The van der Waals surface area contributed by atoms with Crippen molar-refractivity contribution in [2.24, 2.45) is 0 Å². The Labute approximate surface area is 213 Å². The van der Waals surface area contributed by atoms with Crippen LogP contribution < -0.4 is 15.0 Å². The number of fused-ring (bicyclic) bond motifs is 1. The van der Waals surface area contributed by atoms with Crippen molar-refractivity contribution in [3.63, 3.8) is 0 Å². The van der Waals surface area contributed by atoms with E-state index in [4.69, 9.17) is 4.98 Å². The molecule has 10 heteroatoms. The minimum atomic E-state index is -4.75. The lowest BCUT2D eigenvalue weighted by Crippen LogP contribution is -2.32. The Balaban J connectivity index is 1.41. The van der Waals surface area contributed by atoms with Crippen molar-refractivity contribution in [2.75, 3.05) is 49.5 Å². The molecule has 4 rings (SSSR count). The highest BCUT2D eigenvalue weighted by atomic mass is 19.4. The number of rotatable bonds is 7. The average Bonchev–Trinajstić information content (AvgIpc) is 3.09. The van der Waals surface area contributed by atoms with Crippen LogP contribution in [0.25, 0.3) is 17.0 Å². The smallest absolute Gasteiger partial charge is 0.406 e. The first-order valence-electron chi connectivity index (χ1n) is 12.0. The van der Waals surface area contributed by atoms with Crippen LogP contribution in [-0.2, 0) is 4.79 Å². The third-order valence-corrected chi connectivity index (χ3v) is 6.14. The summed E-state index contributed by atoms with van der Waals surface area (Å²) in [4.78, 5) is 21.8. The summed E-state index contributed by atoms with van der Waals surface area (Å²) in [5, 5.41) is 13.0. The van der Waals surface area contributed by atoms with E-state index in [1.165, 1.54) is 36.4 Å². The molecule has 1 aromatic heterocycles. The molecule has 0 unspecified atom stereocenters. The quantitative estimate of drug-likeness (QED) is 0.449. The van der Waals surface area contributed by atoms with Gasteiger partial charge in [0.25, 0.3) is 0 Å². The number of nitrogens with zero attached hydrogens (tertiary/aromatic N) is 3. The summed E-state index contributed by atoms with van der Waals surface area (Å²) in [6, 6.07) is 12.8. The number of aliphatic hydroxyl groups is 1. The molecule has 2 N–H and O–H groups in total. The van der Waals surface area contributed by atoms with Crippen molar-refractivity contribution >= 4 is 34.4 Å². The number of nitrogens with one attached hydrogen (secondary N) is 1. The Hall–Kier alpha value is -3.63. The fourth-order valence-electron chi connectivity index (χ4n) is 4.32. The predicted molar refractivity (Wildman–Crippen MR) is 138 cm³/mol. The van der Waals surface area contributed by atoms with Crippen LogP contribution in [-0.4, -0.2) is 66.6 Å². The lowest BCUT2D eigenvalue weighted by molar-refractivity contribution is -0.274. The fraction of sp³-hybridized carbons (Fsp3) is 0.333. The second kappa shape index (κ2) is 11.6. The van der Waals surface area contributed by atoms with Crippen LogP contribution in [0, 0.1) is 6.92 Å². The zero-order valence-electron chi connectivity index (χ0n) is 20.5. The van der Waals surface area contributed by atoms with Crippen molar-refractivity contribution in [3.05, 3.63) is 65.7 Å². The number of amides is 1. The molecule has 196 valence electrons. The molecule has 1 fully saturated rings. The van der Waals surface area contributed by atoms with E-state index in [-0.39, 0.29) is 18.3 Å². The lowest BCUT2D eigenvalue weighted by Gasteiger charge is -2.23. The Kier molecular flexibility index (Phi) is 8.30. The van der Waals surface area contributed by atoms with Crippen LogP contribution in [0.3, 0.4) is 0 Å². The summed E-state index contributed by atoms with van der Waals surface area (Å²) < 4.78 is 40.7. The van der Waals surface area contributed by atoms with Gasteiger partial charge in [0.15, 0.2) is 0 Å². The second-order valence-electron chi connectivity index (χ2n) is 8.87. The van der Waals surface area contributed by atoms with Gasteiger partial charge in [0.1, 0.15) is 11.6 Å². The molecule has 0 aliphatic carbocycles. The molecular formula is C27H29F3N4O3. The van der Waals surface area contributed by atoms with E-state index in [1.54, 1.807) is 6.07 Å². The zero-order valence-corrected chi connectivity index (χ0v) is 20.5. The highest BCUT2D eigenvalue weighted by Gasteiger charge is 2.30. The van der Waals surface area contributed by atoms with Crippen LogP contribution >= 0.6 is 0 Å². The Morgan fingerprint density at radius 2 is 1.89 bits per heavy atom. The van der Waals surface area contributed by atoms with Gasteiger partial charge in [0.2, 0.25) is 5.91 Å².